The molecule has 1 aliphatic heterocycles. The molecule has 1 N–H and O–H groups in total. The summed E-state index contributed by atoms with van der Waals surface area (Å²) in [7, 11) is 1.83. The van der Waals surface area contributed by atoms with Gasteiger partial charge in [-0.3, -0.25) is 4.79 Å². The Bertz CT molecular complexity index is 607. The number of nitrogens with zero attached hydrogens (tertiary/aromatic N) is 1. The summed E-state index contributed by atoms with van der Waals surface area (Å²) in [6.07, 6.45) is 2.14. The molecule has 1 unspecified atom stereocenters. The number of carbonyl (C=O) groups is 1. The SMILES string of the molecule is C[C@H](NC1CC(=O)N(C)c2ccccc21)c1ccco1. The number of para-hydroxylation sites is 1. The van der Waals surface area contributed by atoms with Crippen LogP contribution in [0.2, 0.25) is 0 Å². The minimum Gasteiger partial charge on any atom is -0.468 e. The molecule has 2 atom stereocenters. The predicted molar refractivity (Wildman–Crippen MR) is 77.5 cm³/mol. The van der Waals surface area contributed by atoms with E-state index < -0.39 is 0 Å². The van der Waals surface area contributed by atoms with Gasteiger partial charge in [-0.2, -0.15) is 0 Å². The highest BCUT2D eigenvalue weighted by atomic mass is 16.3. The molecule has 0 bridgehead atoms. The first kappa shape index (κ1) is 12.9. The average molecular weight is 270 g/mol. The zero-order valence-electron chi connectivity index (χ0n) is 11.7. The molecule has 1 aromatic heterocycles. The van der Waals surface area contributed by atoms with Gasteiger partial charge in [0.1, 0.15) is 5.76 Å². The number of rotatable bonds is 3. The van der Waals surface area contributed by atoms with Crippen LogP contribution in [0.15, 0.2) is 47.1 Å². The molecule has 20 heavy (non-hydrogen) atoms. The number of nitrogens with one attached hydrogen (secondary N) is 1. The van der Waals surface area contributed by atoms with Crippen LogP contribution in [0, 0.1) is 0 Å². The molecule has 2 aromatic rings. The van der Waals surface area contributed by atoms with Gasteiger partial charge in [0.25, 0.3) is 0 Å². The second kappa shape index (κ2) is 5.13. The van der Waals surface area contributed by atoms with Crippen molar-refractivity contribution in [2.75, 3.05) is 11.9 Å². The third-order valence-corrected chi connectivity index (χ3v) is 3.85. The summed E-state index contributed by atoms with van der Waals surface area (Å²) in [6, 6.07) is 11.9. The quantitative estimate of drug-likeness (QED) is 0.932. The fourth-order valence-electron chi connectivity index (χ4n) is 2.71. The Kier molecular flexibility index (Phi) is 3.32. The monoisotopic (exact) mass is 270 g/mol. The molecule has 0 saturated carbocycles. The van der Waals surface area contributed by atoms with Crippen LogP contribution in [0.25, 0.3) is 0 Å². The lowest BCUT2D eigenvalue weighted by molar-refractivity contribution is -0.119. The van der Waals surface area contributed by atoms with Crippen LogP contribution in [0.3, 0.4) is 0 Å². The largest absolute Gasteiger partial charge is 0.468 e. The Morgan fingerprint density at radius 3 is 2.85 bits per heavy atom. The van der Waals surface area contributed by atoms with Gasteiger partial charge >= 0.3 is 0 Å². The molecule has 4 heteroatoms. The van der Waals surface area contributed by atoms with Gasteiger partial charge in [-0.1, -0.05) is 18.2 Å². The number of furan rings is 1. The number of amides is 1. The van der Waals surface area contributed by atoms with Gasteiger partial charge in [0.2, 0.25) is 5.91 Å². The smallest absolute Gasteiger partial charge is 0.228 e. The van der Waals surface area contributed by atoms with Crippen LogP contribution >= 0.6 is 0 Å². The summed E-state index contributed by atoms with van der Waals surface area (Å²) in [6.45, 7) is 2.05. The lowest BCUT2D eigenvalue weighted by Gasteiger charge is -2.33. The molecule has 1 amide bonds. The van der Waals surface area contributed by atoms with Crippen molar-refractivity contribution in [3.05, 3.63) is 54.0 Å². The standard InChI is InChI=1S/C16H18N2O2/c1-11(15-8-5-9-20-15)17-13-10-16(19)18(2)14-7-4-3-6-12(13)14/h3-9,11,13,17H,10H2,1-2H3/t11-,13?/m0/s1. The molecule has 0 fully saturated rings. The Morgan fingerprint density at radius 1 is 1.30 bits per heavy atom. The zero-order chi connectivity index (χ0) is 14.1. The van der Waals surface area contributed by atoms with Crippen molar-refractivity contribution >= 4 is 11.6 Å². The normalized spacial score (nSPS) is 19.8. The number of benzene rings is 1. The lowest BCUT2D eigenvalue weighted by atomic mass is 9.95. The van der Waals surface area contributed by atoms with E-state index >= 15 is 0 Å². The van der Waals surface area contributed by atoms with Crippen LogP contribution in [0.1, 0.15) is 36.8 Å². The molecular weight excluding hydrogens is 252 g/mol. The molecule has 104 valence electrons. The van der Waals surface area contributed by atoms with Gasteiger partial charge in [0.05, 0.1) is 12.3 Å². The molecular formula is C16H18N2O2. The summed E-state index contributed by atoms with van der Waals surface area (Å²) in [4.78, 5) is 13.8. The lowest BCUT2D eigenvalue weighted by Crippen LogP contribution is -2.38. The van der Waals surface area contributed by atoms with Crippen LogP contribution in [-0.4, -0.2) is 13.0 Å². The van der Waals surface area contributed by atoms with Crippen molar-refractivity contribution < 1.29 is 9.21 Å². The Morgan fingerprint density at radius 2 is 2.10 bits per heavy atom. The van der Waals surface area contributed by atoms with E-state index in [0.717, 1.165) is 17.0 Å². The summed E-state index contributed by atoms with van der Waals surface area (Å²) >= 11 is 0. The summed E-state index contributed by atoms with van der Waals surface area (Å²) in [5, 5.41) is 3.49. The molecule has 0 saturated heterocycles. The van der Waals surface area contributed by atoms with E-state index in [4.69, 9.17) is 4.42 Å². The number of hydrogen-bond donors (Lipinski definition) is 1. The van der Waals surface area contributed by atoms with Gasteiger partial charge in [-0.15, -0.1) is 0 Å². The molecule has 1 aliphatic rings. The van der Waals surface area contributed by atoms with Gasteiger partial charge in [-0.05, 0) is 30.7 Å². The molecule has 4 nitrogen and oxygen atoms in total. The highest BCUT2D eigenvalue weighted by molar-refractivity contribution is 5.96. The van der Waals surface area contributed by atoms with Crippen LogP contribution in [0.4, 0.5) is 5.69 Å². The molecule has 2 heterocycles. The third-order valence-electron chi connectivity index (χ3n) is 3.85. The second-order valence-corrected chi connectivity index (χ2v) is 5.17. The fraction of sp³-hybridized carbons (Fsp3) is 0.312. The fourth-order valence-corrected chi connectivity index (χ4v) is 2.71. The first-order valence-corrected chi connectivity index (χ1v) is 6.81. The molecule has 0 aliphatic carbocycles. The van der Waals surface area contributed by atoms with Crippen molar-refractivity contribution in [1.82, 2.24) is 5.32 Å². The second-order valence-electron chi connectivity index (χ2n) is 5.17. The Hall–Kier alpha value is -2.07. The molecule has 0 spiro atoms. The first-order valence-electron chi connectivity index (χ1n) is 6.81. The zero-order valence-corrected chi connectivity index (χ0v) is 11.7. The number of carbonyl (C=O) groups excluding carboxylic acids is 1. The number of fused-ring (bicyclic) bond motifs is 1. The Labute approximate surface area is 118 Å². The maximum atomic E-state index is 12.1. The number of anilines is 1. The predicted octanol–water partition coefficient (Wildman–Crippen LogP) is 3.04. The topological polar surface area (TPSA) is 45.5 Å². The van der Waals surface area contributed by atoms with Gasteiger partial charge in [0.15, 0.2) is 0 Å². The van der Waals surface area contributed by atoms with E-state index in [1.54, 1.807) is 11.2 Å². The maximum Gasteiger partial charge on any atom is 0.228 e. The molecule has 3 rings (SSSR count). The minimum atomic E-state index is 0.0231. The van der Waals surface area contributed by atoms with Gasteiger partial charge in [-0.25, -0.2) is 0 Å². The van der Waals surface area contributed by atoms with Gasteiger partial charge < -0.3 is 14.6 Å². The van der Waals surface area contributed by atoms with Crippen LogP contribution in [0.5, 0.6) is 0 Å². The highest BCUT2D eigenvalue weighted by Crippen LogP contribution is 2.34. The van der Waals surface area contributed by atoms with Crippen molar-refractivity contribution in [3.63, 3.8) is 0 Å². The average Bonchev–Trinajstić information content (AvgIpc) is 2.99. The summed E-state index contributed by atoms with van der Waals surface area (Å²) < 4.78 is 5.41. The Balaban J connectivity index is 1.87. The van der Waals surface area contributed by atoms with E-state index in [-0.39, 0.29) is 18.0 Å². The first-order chi connectivity index (χ1) is 9.66. The van der Waals surface area contributed by atoms with E-state index in [1.807, 2.05) is 44.3 Å². The van der Waals surface area contributed by atoms with E-state index in [9.17, 15) is 4.79 Å². The summed E-state index contributed by atoms with van der Waals surface area (Å²) in [5.74, 6) is 1.02. The van der Waals surface area contributed by atoms with Crippen molar-refractivity contribution in [2.24, 2.45) is 0 Å². The summed E-state index contributed by atoms with van der Waals surface area (Å²) in [5.41, 5.74) is 2.14. The molecule has 1 aromatic carbocycles. The minimum absolute atomic E-state index is 0.0231. The van der Waals surface area contributed by atoms with Crippen molar-refractivity contribution in [2.45, 2.75) is 25.4 Å². The molecule has 0 radical (unpaired) electrons. The van der Waals surface area contributed by atoms with Gasteiger partial charge in [0, 0.05) is 25.2 Å². The van der Waals surface area contributed by atoms with Crippen molar-refractivity contribution in [1.29, 1.82) is 0 Å². The van der Waals surface area contributed by atoms with Crippen LogP contribution < -0.4 is 10.2 Å². The maximum absolute atomic E-state index is 12.1. The van der Waals surface area contributed by atoms with Crippen molar-refractivity contribution in [3.8, 4) is 0 Å². The van der Waals surface area contributed by atoms with E-state index in [0.29, 0.717) is 6.42 Å². The highest BCUT2D eigenvalue weighted by Gasteiger charge is 2.29. The van der Waals surface area contributed by atoms with Crippen LogP contribution in [-0.2, 0) is 4.79 Å². The van der Waals surface area contributed by atoms with E-state index in [2.05, 4.69) is 11.4 Å². The van der Waals surface area contributed by atoms with E-state index in [1.165, 1.54) is 0 Å². The number of hydrogen-bond acceptors (Lipinski definition) is 3. The third kappa shape index (κ3) is 2.23.